The number of hydrogen-bond acceptors (Lipinski definition) is 4. The molecule has 0 saturated carbocycles. The van der Waals surface area contributed by atoms with Crippen molar-refractivity contribution in [2.75, 3.05) is 0 Å². The monoisotopic (exact) mass is 823 g/mol. The van der Waals surface area contributed by atoms with Crippen molar-refractivity contribution in [2.45, 2.75) is 83.5 Å². The highest BCUT2D eigenvalue weighted by Gasteiger charge is 2.43. The maximum Gasteiger partial charge on any atom is 0.164 e. The Kier molecular flexibility index (Phi) is 11.3. The first-order valence-corrected chi connectivity index (χ1v) is 23.6. The maximum atomic E-state index is 5.41. The van der Waals surface area contributed by atoms with Crippen molar-refractivity contribution in [3.8, 4) is 67.5 Å². The van der Waals surface area contributed by atoms with Crippen LogP contribution in [0.1, 0.15) is 89.2 Å². The van der Waals surface area contributed by atoms with Gasteiger partial charge in [-0.25, -0.2) is 15.0 Å². The lowest BCUT2D eigenvalue weighted by molar-refractivity contribution is 0.401. The van der Waals surface area contributed by atoms with Crippen molar-refractivity contribution >= 4 is 31.5 Å². The molecule has 2 heterocycles. The molecule has 0 aliphatic heterocycles. The van der Waals surface area contributed by atoms with Crippen LogP contribution in [-0.2, 0) is 5.41 Å². The molecule has 0 spiro atoms. The van der Waals surface area contributed by atoms with Crippen LogP contribution in [0.5, 0.6) is 0 Å². The van der Waals surface area contributed by atoms with Crippen molar-refractivity contribution in [3.63, 3.8) is 0 Å². The summed E-state index contributed by atoms with van der Waals surface area (Å²) in [6.45, 7) is 4.62. The van der Waals surface area contributed by atoms with E-state index in [1.807, 2.05) is 11.3 Å². The van der Waals surface area contributed by atoms with E-state index in [9.17, 15) is 0 Å². The first kappa shape index (κ1) is 39.9. The maximum absolute atomic E-state index is 5.41. The molecule has 0 N–H and O–H groups in total. The summed E-state index contributed by atoms with van der Waals surface area (Å²) >= 11 is 1.87. The minimum Gasteiger partial charge on any atom is -0.208 e. The Labute approximate surface area is 370 Å². The van der Waals surface area contributed by atoms with Crippen LogP contribution in [0.4, 0.5) is 0 Å². The van der Waals surface area contributed by atoms with Gasteiger partial charge in [0.15, 0.2) is 17.5 Å². The molecule has 7 aromatic carbocycles. The van der Waals surface area contributed by atoms with Gasteiger partial charge in [0.2, 0.25) is 0 Å². The average Bonchev–Trinajstić information content (AvgIpc) is 3.86. The van der Waals surface area contributed by atoms with Crippen molar-refractivity contribution in [1.29, 1.82) is 0 Å². The lowest BCUT2D eigenvalue weighted by Crippen LogP contribution is -2.25. The van der Waals surface area contributed by atoms with Gasteiger partial charge in [0, 0.05) is 42.3 Å². The van der Waals surface area contributed by atoms with Crippen molar-refractivity contribution in [2.24, 2.45) is 0 Å². The van der Waals surface area contributed by atoms with Crippen molar-refractivity contribution in [1.82, 2.24) is 15.0 Å². The number of fused-ring (bicyclic) bond motifs is 6. The zero-order chi connectivity index (χ0) is 41.9. The van der Waals surface area contributed by atoms with Crippen molar-refractivity contribution in [3.05, 3.63) is 175 Å². The predicted octanol–water partition coefficient (Wildman–Crippen LogP) is 16.8. The summed E-state index contributed by atoms with van der Waals surface area (Å²) in [4.78, 5) is 16.1. The first-order chi connectivity index (χ1) is 30.6. The second-order valence-electron chi connectivity index (χ2n) is 17.1. The molecule has 0 bridgehead atoms. The fourth-order valence-electron chi connectivity index (χ4n) is 10.1. The number of rotatable bonds is 15. The van der Waals surface area contributed by atoms with Gasteiger partial charge in [0.25, 0.3) is 0 Å². The third kappa shape index (κ3) is 7.45. The van der Waals surface area contributed by atoms with E-state index in [1.54, 1.807) is 0 Å². The van der Waals surface area contributed by atoms with Gasteiger partial charge in [-0.2, -0.15) is 0 Å². The molecular formula is C58H53N3S. The van der Waals surface area contributed by atoms with Crippen molar-refractivity contribution < 1.29 is 0 Å². The van der Waals surface area contributed by atoms with E-state index >= 15 is 0 Å². The zero-order valence-electron chi connectivity index (χ0n) is 35.9. The molecule has 0 fully saturated rings. The normalized spacial score (nSPS) is 12.8. The van der Waals surface area contributed by atoms with Crippen LogP contribution < -0.4 is 0 Å². The fourth-order valence-corrected chi connectivity index (χ4v) is 11.3. The number of nitrogens with zero attached hydrogens (tertiary/aromatic N) is 3. The summed E-state index contributed by atoms with van der Waals surface area (Å²) in [5.41, 5.74) is 13.3. The molecule has 2 aromatic heterocycles. The molecule has 62 heavy (non-hydrogen) atoms. The SMILES string of the molecule is CCCCCCC1(CCCCCC)c2ccccc2-c2c(-c3nc(-c4ccc(-c5cccc6c5sc5ccccc56)cc4)nc(-c4cccc(-c5ccccc5)c4)n3)cccc21. The van der Waals surface area contributed by atoms with E-state index in [2.05, 4.69) is 178 Å². The van der Waals surface area contributed by atoms with Gasteiger partial charge in [-0.3, -0.25) is 0 Å². The summed E-state index contributed by atoms with van der Waals surface area (Å²) in [7, 11) is 0. The third-order valence-electron chi connectivity index (χ3n) is 13.2. The number of benzene rings is 7. The molecule has 10 rings (SSSR count). The van der Waals surface area contributed by atoms with E-state index in [0.29, 0.717) is 17.5 Å². The van der Waals surface area contributed by atoms with E-state index in [4.69, 9.17) is 15.0 Å². The molecule has 1 aliphatic carbocycles. The largest absolute Gasteiger partial charge is 0.208 e. The van der Waals surface area contributed by atoms with E-state index in [-0.39, 0.29) is 5.41 Å². The Balaban J connectivity index is 1.12. The van der Waals surface area contributed by atoms with Gasteiger partial charge in [-0.05, 0) is 69.5 Å². The molecule has 0 amide bonds. The molecule has 3 nitrogen and oxygen atoms in total. The summed E-state index contributed by atoms with van der Waals surface area (Å²) in [6, 6.07) is 59.6. The summed E-state index contributed by atoms with van der Waals surface area (Å²) in [5.74, 6) is 2.07. The van der Waals surface area contributed by atoms with E-state index in [1.165, 1.54) is 110 Å². The zero-order valence-corrected chi connectivity index (χ0v) is 36.7. The quantitative estimate of drug-likeness (QED) is 0.0967. The van der Waals surface area contributed by atoms with Crippen LogP contribution in [0.15, 0.2) is 164 Å². The van der Waals surface area contributed by atoms with Crippen LogP contribution in [0, 0.1) is 0 Å². The van der Waals surface area contributed by atoms with E-state index < -0.39 is 0 Å². The van der Waals surface area contributed by atoms with E-state index in [0.717, 1.165) is 35.1 Å². The molecule has 0 atom stereocenters. The van der Waals surface area contributed by atoms with Crippen LogP contribution in [0.3, 0.4) is 0 Å². The van der Waals surface area contributed by atoms with Gasteiger partial charge in [-0.1, -0.05) is 217 Å². The van der Waals surface area contributed by atoms with Gasteiger partial charge < -0.3 is 0 Å². The molecule has 0 radical (unpaired) electrons. The van der Waals surface area contributed by atoms with Gasteiger partial charge in [-0.15, -0.1) is 11.3 Å². The minimum absolute atomic E-state index is 0.0285. The second-order valence-corrected chi connectivity index (χ2v) is 18.1. The molecule has 0 unspecified atom stereocenters. The molecule has 4 heteroatoms. The van der Waals surface area contributed by atoms with Gasteiger partial charge in [0.1, 0.15) is 0 Å². The molecular weight excluding hydrogens is 771 g/mol. The lowest BCUT2D eigenvalue weighted by Gasteiger charge is -2.33. The highest BCUT2D eigenvalue weighted by atomic mass is 32.1. The number of thiophene rings is 1. The Morgan fingerprint density at radius 1 is 0.403 bits per heavy atom. The van der Waals surface area contributed by atoms with Gasteiger partial charge >= 0.3 is 0 Å². The summed E-state index contributed by atoms with van der Waals surface area (Å²) in [5, 5.41) is 2.62. The Bertz CT molecular complexity index is 2990. The molecule has 0 saturated heterocycles. The predicted molar refractivity (Wildman–Crippen MR) is 264 cm³/mol. The standard InChI is InChI=1S/C58H53N3S/c1-3-5-7-16-37-58(38-17-8-6-4-2)50-30-14-12-26-48(50)53-49(29-20-31-51(53)58)57-60-55(59-56(61-57)44-24-18-23-43(39-44)40-21-10-9-11-22-40)42-35-33-41(34-36-42)45-27-19-28-47-46-25-13-15-32-52(46)62-54(45)47/h9-15,18-36,39H,3-8,16-17,37-38H2,1-2H3. The van der Waals surface area contributed by atoms with Crippen LogP contribution in [-0.4, -0.2) is 15.0 Å². The Morgan fingerprint density at radius 3 is 1.76 bits per heavy atom. The smallest absolute Gasteiger partial charge is 0.164 e. The highest BCUT2D eigenvalue weighted by Crippen LogP contribution is 2.56. The average molecular weight is 824 g/mol. The molecule has 1 aliphatic rings. The first-order valence-electron chi connectivity index (χ1n) is 22.8. The lowest BCUT2D eigenvalue weighted by atomic mass is 9.70. The topological polar surface area (TPSA) is 38.7 Å². The Hall–Kier alpha value is -6.23. The third-order valence-corrected chi connectivity index (χ3v) is 14.4. The number of aromatic nitrogens is 3. The van der Waals surface area contributed by atoms with Crippen LogP contribution in [0.2, 0.25) is 0 Å². The molecule has 306 valence electrons. The summed E-state index contributed by atoms with van der Waals surface area (Å²) in [6.07, 6.45) is 12.4. The fraction of sp³-hybridized carbons (Fsp3) is 0.224. The Morgan fingerprint density at radius 2 is 0.968 bits per heavy atom. The van der Waals surface area contributed by atoms with Crippen LogP contribution in [0.25, 0.3) is 87.7 Å². The number of hydrogen-bond donors (Lipinski definition) is 0. The second kappa shape index (κ2) is 17.6. The summed E-state index contributed by atoms with van der Waals surface area (Å²) < 4.78 is 2.63. The highest BCUT2D eigenvalue weighted by molar-refractivity contribution is 7.26. The number of unbranched alkanes of at least 4 members (excludes halogenated alkanes) is 6. The van der Waals surface area contributed by atoms with Gasteiger partial charge in [0.05, 0.1) is 0 Å². The minimum atomic E-state index is -0.0285. The molecule has 9 aromatic rings. The van der Waals surface area contributed by atoms with Crippen LogP contribution >= 0.6 is 11.3 Å².